The largest absolute Gasteiger partial charge is 0.313 e. The van der Waals surface area contributed by atoms with Crippen LogP contribution in [0.3, 0.4) is 0 Å². The van der Waals surface area contributed by atoms with Crippen molar-refractivity contribution in [2.24, 2.45) is 7.05 Å². The summed E-state index contributed by atoms with van der Waals surface area (Å²) in [5.74, 6) is 0. The Labute approximate surface area is 77.9 Å². The fourth-order valence-corrected chi connectivity index (χ4v) is 2.14. The predicted molar refractivity (Wildman–Crippen MR) is 47.0 cm³/mol. The lowest BCUT2D eigenvalue weighted by molar-refractivity contribution is -0.0983. The lowest BCUT2D eigenvalue weighted by atomic mass is 10.3. The quantitative estimate of drug-likeness (QED) is 0.703. The van der Waals surface area contributed by atoms with Gasteiger partial charge < -0.3 is 5.21 Å². The summed E-state index contributed by atoms with van der Waals surface area (Å²) in [4.78, 5) is 0. The summed E-state index contributed by atoms with van der Waals surface area (Å²) in [6.07, 6.45) is 0. The van der Waals surface area contributed by atoms with Crippen molar-refractivity contribution in [1.29, 1.82) is 0 Å². The van der Waals surface area contributed by atoms with Crippen molar-refractivity contribution in [1.82, 2.24) is 14.8 Å². The summed E-state index contributed by atoms with van der Waals surface area (Å²) in [6.45, 7) is 1.21. The molecule has 0 atom stereocenters. The van der Waals surface area contributed by atoms with E-state index in [0.29, 0.717) is 13.1 Å². The fraction of sp³-hybridized carbons (Fsp3) is 0.500. The van der Waals surface area contributed by atoms with E-state index in [4.69, 9.17) is 0 Å². The first-order valence-electron chi connectivity index (χ1n) is 3.32. The summed E-state index contributed by atoms with van der Waals surface area (Å²) in [5, 5.41) is 14.7. The Morgan fingerprint density at radius 1 is 1.55 bits per heavy atom. The van der Waals surface area contributed by atoms with Crippen LogP contribution in [0.25, 0.3) is 0 Å². The van der Waals surface area contributed by atoms with E-state index >= 15 is 0 Å². The minimum absolute atomic E-state index is 0.599. The second kappa shape index (κ2) is 2.43. The molecule has 60 valence electrons. The average Bonchev–Trinajstić information content (AvgIpc) is 2.38. The third-order valence-electron chi connectivity index (χ3n) is 1.90. The highest BCUT2D eigenvalue weighted by Crippen LogP contribution is 2.24. The van der Waals surface area contributed by atoms with Gasteiger partial charge in [-0.3, -0.25) is 4.68 Å². The molecule has 1 aliphatic rings. The molecule has 11 heavy (non-hydrogen) atoms. The molecule has 2 heterocycles. The van der Waals surface area contributed by atoms with Gasteiger partial charge in [0.05, 0.1) is 18.8 Å². The SMILES string of the molecule is Cn1nc(I)c2c1CN(O)C2. The zero-order chi connectivity index (χ0) is 8.01. The van der Waals surface area contributed by atoms with Gasteiger partial charge in [0.25, 0.3) is 0 Å². The smallest absolute Gasteiger partial charge is 0.128 e. The molecule has 1 aromatic rings. The maximum atomic E-state index is 9.18. The van der Waals surface area contributed by atoms with Crippen molar-refractivity contribution in [3.05, 3.63) is 15.0 Å². The van der Waals surface area contributed by atoms with Crippen molar-refractivity contribution in [2.75, 3.05) is 0 Å². The van der Waals surface area contributed by atoms with Gasteiger partial charge in [-0.05, 0) is 22.6 Å². The van der Waals surface area contributed by atoms with E-state index in [1.54, 1.807) is 0 Å². The van der Waals surface area contributed by atoms with Crippen molar-refractivity contribution in [2.45, 2.75) is 13.1 Å². The molecule has 5 heteroatoms. The summed E-state index contributed by atoms with van der Waals surface area (Å²) in [7, 11) is 1.90. The fourth-order valence-electron chi connectivity index (χ4n) is 1.33. The van der Waals surface area contributed by atoms with Crippen LogP contribution in [0.5, 0.6) is 0 Å². The van der Waals surface area contributed by atoms with E-state index in [2.05, 4.69) is 27.7 Å². The van der Waals surface area contributed by atoms with Crippen molar-refractivity contribution in [3.63, 3.8) is 0 Å². The van der Waals surface area contributed by atoms with E-state index in [9.17, 15) is 5.21 Å². The third kappa shape index (κ3) is 1.07. The number of rotatable bonds is 0. The van der Waals surface area contributed by atoms with Crippen LogP contribution in [0.4, 0.5) is 0 Å². The summed E-state index contributed by atoms with van der Waals surface area (Å²) < 4.78 is 2.82. The first kappa shape index (κ1) is 7.51. The molecule has 0 saturated heterocycles. The zero-order valence-electron chi connectivity index (χ0n) is 6.08. The van der Waals surface area contributed by atoms with Crippen molar-refractivity contribution in [3.8, 4) is 0 Å². The van der Waals surface area contributed by atoms with Crippen LogP contribution in [0.1, 0.15) is 11.3 Å². The molecule has 2 rings (SSSR count). The van der Waals surface area contributed by atoms with E-state index in [-0.39, 0.29) is 0 Å². The van der Waals surface area contributed by atoms with Crippen LogP contribution in [0, 0.1) is 3.70 Å². The first-order chi connectivity index (χ1) is 5.18. The average molecular weight is 265 g/mol. The van der Waals surface area contributed by atoms with E-state index in [1.807, 2.05) is 11.7 Å². The minimum Gasteiger partial charge on any atom is -0.313 e. The Bertz CT molecular complexity index is 270. The van der Waals surface area contributed by atoms with E-state index in [1.165, 1.54) is 5.06 Å². The molecule has 0 unspecified atom stereocenters. The standard InChI is InChI=1S/C6H8IN3O/c1-9-5-3-10(11)2-4(5)6(7)8-9/h11H,2-3H2,1H3. The summed E-state index contributed by atoms with van der Waals surface area (Å²) in [5.41, 5.74) is 2.28. The van der Waals surface area contributed by atoms with Gasteiger partial charge in [0.15, 0.2) is 0 Å². The molecule has 0 saturated carbocycles. The molecule has 0 radical (unpaired) electrons. The molecule has 1 N–H and O–H groups in total. The highest BCUT2D eigenvalue weighted by atomic mass is 127. The molecule has 0 fully saturated rings. The maximum absolute atomic E-state index is 9.18. The lowest BCUT2D eigenvalue weighted by Gasteiger charge is -2.03. The molecule has 4 nitrogen and oxygen atoms in total. The van der Waals surface area contributed by atoms with Crippen LogP contribution >= 0.6 is 22.6 Å². The molecule has 1 aliphatic heterocycles. The van der Waals surface area contributed by atoms with E-state index < -0.39 is 0 Å². The maximum Gasteiger partial charge on any atom is 0.128 e. The van der Waals surface area contributed by atoms with Gasteiger partial charge in [-0.15, -0.1) is 0 Å². The zero-order valence-corrected chi connectivity index (χ0v) is 8.24. The number of aromatic nitrogens is 2. The number of hydroxylamine groups is 2. The summed E-state index contributed by atoms with van der Waals surface area (Å²) >= 11 is 2.19. The van der Waals surface area contributed by atoms with Crippen LogP contribution < -0.4 is 0 Å². The molecular weight excluding hydrogens is 257 g/mol. The van der Waals surface area contributed by atoms with Gasteiger partial charge in [0.2, 0.25) is 0 Å². The number of aryl methyl sites for hydroxylation is 1. The van der Waals surface area contributed by atoms with Crippen LogP contribution in [0.2, 0.25) is 0 Å². The van der Waals surface area contributed by atoms with Gasteiger partial charge in [0, 0.05) is 12.6 Å². The Balaban J connectivity index is 2.51. The van der Waals surface area contributed by atoms with Crippen LogP contribution in [-0.2, 0) is 20.1 Å². The lowest BCUT2D eigenvalue weighted by Crippen LogP contribution is -2.12. The van der Waals surface area contributed by atoms with Gasteiger partial charge >= 0.3 is 0 Å². The van der Waals surface area contributed by atoms with Crippen molar-refractivity contribution < 1.29 is 5.21 Å². The highest BCUT2D eigenvalue weighted by Gasteiger charge is 2.24. The first-order valence-corrected chi connectivity index (χ1v) is 4.40. The van der Waals surface area contributed by atoms with Gasteiger partial charge in [-0.2, -0.15) is 10.2 Å². The van der Waals surface area contributed by atoms with Gasteiger partial charge in [0.1, 0.15) is 3.70 Å². The number of fused-ring (bicyclic) bond motifs is 1. The monoisotopic (exact) mass is 265 g/mol. The molecule has 0 bridgehead atoms. The molecular formula is C6H8IN3O. The summed E-state index contributed by atoms with van der Waals surface area (Å²) in [6, 6.07) is 0. The normalized spacial score (nSPS) is 17.4. The topological polar surface area (TPSA) is 41.3 Å². The second-order valence-corrected chi connectivity index (χ2v) is 3.68. The Hall–Kier alpha value is -0.140. The molecule has 1 aromatic heterocycles. The van der Waals surface area contributed by atoms with Crippen LogP contribution in [0.15, 0.2) is 0 Å². The molecule has 0 aromatic carbocycles. The Morgan fingerprint density at radius 2 is 2.27 bits per heavy atom. The van der Waals surface area contributed by atoms with E-state index in [0.717, 1.165) is 15.0 Å². The highest BCUT2D eigenvalue weighted by molar-refractivity contribution is 14.1. The number of nitrogens with zero attached hydrogens (tertiary/aromatic N) is 3. The van der Waals surface area contributed by atoms with Crippen molar-refractivity contribution >= 4 is 22.6 Å². The minimum atomic E-state index is 0.599. The number of hydrogen-bond donors (Lipinski definition) is 1. The number of hydrogen-bond acceptors (Lipinski definition) is 3. The Morgan fingerprint density at radius 3 is 2.91 bits per heavy atom. The second-order valence-electron chi connectivity index (χ2n) is 2.66. The van der Waals surface area contributed by atoms with Gasteiger partial charge in [-0.25, -0.2) is 0 Å². The Kier molecular flexibility index (Phi) is 1.66. The molecule has 0 spiro atoms. The van der Waals surface area contributed by atoms with Crippen LogP contribution in [-0.4, -0.2) is 20.1 Å². The predicted octanol–water partition coefficient (Wildman–Crippen LogP) is 0.730. The molecule has 0 amide bonds. The number of halogens is 1. The van der Waals surface area contributed by atoms with Gasteiger partial charge in [-0.1, -0.05) is 0 Å². The third-order valence-corrected chi connectivity index (χ3v) is 2.77. The molecule has 0 aliphatic carbocycles.